The monoisotopic (exact) mass is 334 g/mol. The molecule has 0 unspecified atom stereocenters. The molecule has 0 atom stereocenters. The topological polar surface area (TPSA) is 61.8 Å². The fraction of sp³-hybridized carbons (Fsp3) is 0.353. The van der Waals surface area contributed by atoms with E-state index in [2.05, 4.69) is 5.32 Å². The van der Waals surface area contributed by atoms with Crippen molar-refractivity contribution in [3.05, 3.63) is 51.7 Å². The van der Waals surface area contributed by atoms with Gasteiger partial charge in [0.15, 0.2) is 0 Å². The number of para-hydroxylation sites is 1. The summed E-state index contributed by atoms with van der Waals surface area (Å²) >= 11 is 1.66. The third-order valence-corrected chi connectivity index (χ3v) is 4.42. The lowest BCUT2D eigenvalue weighted by Gasteiger charge is -2.23. The number of hydrogen-bond acceptors (Lipinski definition) is 4. The molecule has 1 aromatic carbocycles. The number of ether oxygens (including phenoxy) is 1. The predicted octanol–water partition coefficient (Wildman–Crippen LogP) is 2.77. The zero-order valence-electron chi connectivity index (χ0n) is 13.4. The molecule has 2 aromatic rings. The molecule has 0 spiro atoms. The van der Waals surface area contributed by atoms with Crippen LogP contribution in [0.25, 0.3) is 0 Å². The number of nitrogens with zero attached hydrogens (tertiary/aromatic N) is 1. The first kappa shape index (κ1) is 17.3. The molecule has 2 rings (SSSR count). The van der Waals surface area contributed by atoms with Crippen LogP contribution in [0.5, 0.6) is 5.75 Å². The van der Waals surface area contributed by atoms with Crippen molar-refractivity contribution in [3.8, 4) is 5.75 Å². The summed E-state index contributed by atoms with van der Waals surface area (Å²) in [5.41, 5.74) is 0.908. The largest absolute Gasteiger partial charge is 0.496 e. The Morgan fingerprint density at radius 1 is 1.30 bits per heavy atom. The third-order valence-electron chi connectivity index (χ3n) is 3.42. The maximum atomic E-state index is 12.4. The number of thiophene rings is 1. The van der Waals surface area contributed by atoms with Gasteiger partial charge >= 0.3 is 6.03 Å². The number of aliphatic hydroxyl groups excluding tert-OH is 1. The van der Waals surface area contributed by atoms with Gasteiger partial charge in [-0.2, -0.15) is 0 Å². The van der Waals surface area contributed by atoms with Crippen LogP contribution in [0.3, 0.4) is 0 Å². The number of hydrogen-bond donors (Lipinski definition) is 2. The van der Waals surface area contributed by atoms with Crippen LogP contribution in [0.1, 0.15) is 15.3 Å². The molecule has 0 saturated carbocycles. The minimum atomic E-state index is -0.198. The van der Waals surface area contributed by atoms with E-state index >= 15 is 0 Å². The number of rotatable bonds is 7. The summed E-state index contributed by atoms with van der Waals surface area (Å²) in [6.45, 7) is 3.11. The second-order valence-corrected chi connectivity index (χ2v) is 6.50. The number of aryl methyl sites for hydroxylation is 1. The van der Waals surface area contributed by atoms with E-state index in [9.17, 15) is 9.90 Å². The molecule has 2 amide bonds. The second-order valence-electron chi connectivity index (χ2n) is 5.13. The lowest BCUT2D eigenvalue weighted by molar-refractivity contribution is 0.173. The first-order valence-corrected chi connectivity index (χ1v) is 8.26. The Morgan fingerprint density at radius 2 is 2.09 bits per heavy atom. The van der Waals surface area contributed by atoms with E-state index in [0.29, 0.717) is 13.1 Å². The average molecular weight is 334 g/mol. The highest BCUT2D eigenvalue weighted by molar-refractivity contribution is 7.11. The smallest absolute Gasteiger partial charge is 0.318 e. The van der Waals surface area contributed by atoms with Gasteiger partial charge in [-0.3, -0.25) is 0 Å². The van der Waals surface area contributed by atoms with Crippen molar-refractivity contribution in [1.82, 2.24) is 10.2 Å². The SMILES string of the molecule is COc1ccccc1CN(CCO)C(=O)NCc1ccc(C)s1. The Morgan fingerprint density at radius 3 is 2.74 bits per heavy atom. The molecule has 0 saturated heterocycles. The van der Waals surface area contributed by atoms with Gasteiger partial charge in [0.05, 0.1) is 26.8 Å². The van der Waals surface area contributed by atoms with Crippen LogP contribution in [0.15, 0.2) is 36.4 Å². The number of aliphatic hydroxyl groups is 1. The van der Waals surface area contributed by atoms with Crippen LogP contribution in [0.2, 0.25) is 0 Å². The normalized spacial score (nSPS) is 10.4. The molecular weight excluding hydrogens is 312 g/mol. The number of carbonyl (C=O) groups excluding carboxylic acids is 1. The van der Waals surface area contributed by atoms with Crippen molar-refractivity contribution in [2.24, 2.45) is 0 Å². The molecule has 5 nitrogen and oxygen atoms in total. The zero-order valence-corrected chi connectivity index (χ0v) is 14.2. The number of nitrogens with one attached hydrogen (secondary N) is 1. The van der Waals surface area contributed by atoms with E-state index in [1.54, 1.807) is 23.3 Å². The summed E-state index contributed by atoms with van der Waals surface area (Å²) in [6, 6.07) is 11.4. The molecule has 23 heavy (non-hydrogen) atoms. The van der Waals surface area contributed by atoms with Crippen LogP contribution in [-0.4, -0.2) is 36.3 Å². The summed E-state index contributed by atoms with van der Waals surface area (Å²) in [5, 5.41) is 12.1. The minimum Gasteiger partial charge on any atom is -0.496 e. The summed E-state index contributed by atoms with van der Waals surface area (Å²) < 4.78 is 5.32. The maximum Gasteiger partial charge on any atom is 0.318 e. The van der Waals surface area contributed by atoms with Gasteiger partial charge in [0, 0.05) is 21.9 Å². The van der Waals surface area contributed by atoms with Crippen molar-refractivity contribution in [1.29, 1.82) is 0 Å². The molecule has 0 aliphatic heterocycles. The van der Waals surface area contributed by atoms with Crippen molar-refractivity contribution in [3.63, 3.8) is 0 Å². The second kappa shape index (κ2) is 8.55. The van der Waals surface area contributed by atoms with Gasteiger partial charge in [-0.1, -0.05) is 18.2 Å². The number of benzene rings is 1. The van der Waals surface area contributed by atoms with Crippen molar-refractivity contribution < 1.29 is 14.6 Å². The van der Waals surface area contributed by atoms with Gasteiger partial charge in [-0.15, -0.1) is 11.3 Å². The average Bonchev–Trinajstić information content (AvgIpc) is 2.98. The first-order chi connectivity index (χ1) is 11.1. The Hall–Kier alpha value is -2.05. The first-order valence-electron chi connectivity index (χ1n) is 7.45. The van der Waals surface area contributed by atoms with Crippen molar-refractivity contribution >= 4 is 17.4 Å². The Balaban J connectivity index is 2.00. The fourth-order valence-corrected chi connectivity index (χ4v) is 3.10. The van der Waals surface area contributed by atoms with E-state index in [0.717, 1.165) is 16.2 Å². The number of amides is 2. The van der Waals surface area contributed by atoms with Gasteiger partial charge in [-0.05, 0) is 25.1 Å². The highest BCUT2D eigenvalue weighted by Gasteiger charge is 2.15. The van der Waals surface area contributed by atoms with E-state index < -0.39 is 0 Å². The molecule has 124 valence electrons. The van der Waals surface area contributed by atoms with Crippen molar-refractivity contribution in [2.45, 2.75) is 20.0 Å². The molecule has 0 radical (unpaired) electrons. The number of urea groups is 1. The standard InChI is InChI=1S/C17H22N2O3S/c1-13-7-8-15(23-13)11-18-17(21)19(9-10-20)12-14-5-3-4-6-16(14)22-2/h3-8,20H,9-12H2,1-2H3,(H,18,21). The zero-order chi connectivity index (χ0) is 16.7. The van der Waals surface area contributed by atoms with Crippen LogP contribution in [0.4, 0.5) is 4.79 Å². The van der Waals surface area contributed by atoms with Crippen LogP contribution >= 0.6 is 11.3 Å². The van der Waals surface area contributed by atoms with Gasteiger partial charge in [-0.25, -0.2) is 4.79 Å². The predicted molar refractivity (Wildman–Crippen MR) is 91.8 cm³/mol. The van der Waals surface area contributed by atoms with Crippen LogP contribution in [-0.2, 0) is 13.1 Å². The highest BCUT2D eigenvalue weighted by atomic mass is 32.1. The molecule has 0 aliphatic rings. The molecule has 0 fully saturated rings. The summed E-state index contributed by atoms with van der Waals surface area (Å²) in [6.07, 6.45) is 0. The quantitative estimate of drug-likeness (QED) is 0.818. The molecule has 0 bridgehead atoms. The van der Waals surface area contributed by atoms with Gasteiger partial charge in [0.25, 0.3) is 0 Å². The fourth-order valence-electron chi connectivity index (χ4n) is 2.27. The molecule has 2 N–H and O–H groups in total. The van der Waals surface area contributed by atoms with E-state index in [1.807, 2.05) is 43.3 Å². The Labute approximate surface area is 140 Å². The maximum absolute atomic E-state index is 12.4. The van der Waals surface area contributed by atoms with E-state index in [1.165, 1.54) is 4.88 Å². The highest BCUT2D eigenvalue weighted by Crippen LogP contribution is 2.19. The van der Waals surface area contributed by atoms with Crippen LogP contribution in [0, 0.1) is 6.92 Å². The third kappa shape index (κ3) is 4.97. The summed E-state index contributed by atoms with van der Waals surface area (Å²) in [7, 11) is 1.61. The van der Waals surface area contributed by atoms with Gasteiger partial charge < -0.3 is 20.1 Å². The molecule has 1 aromatic heterocycles. The van der Waals surface area contributed by atoms with Gasteiger partial charge in [0.2, 0.25) is 0 Å². The molecular formula is C17H22N2O3S. The molecule has 6 heteroatoms. The lowest BCUT2D eigenvalue weighted by atomic mass is 10.2. The summed E-state index contributed by atoms with van der Waals surface area (Å²) in [5.74, 6) is 0.733. The van der Waals surface area contributed by atoms with E-state index in [-0.39, 0.29) is 19.2 Å². The summed E-state index contributed by atoms with van der Waals surface area (Å²) in [4.78, 5) is 16.3. The minimum absolute atomic E-state index is 0.0827. The van der Waals surface area contributed by atoms with E-state index in [4.69, 9.17) is 4.74 Å². The lowest BCUT2D eigenvalue weighted by Crippen LogP contribution is -2.40. The van der Waals surface area contributed by atoms with Crippen molar-refractivity contribution in [2.75, 3.05) is 20.3 Å². The molecule has 0 aliphatic carbocycles. The van der Waals surface area contributed by atoms with Crippen LogP contribution < -0.4 is 10.1 Å². The number of methoxy groups -OCH3 is 1. The molecule has 1 heterocycles. The Kier molecular flexibility index (Phi) is 6.43. The number of carbonyl (C=O) groups is 1. The Bertz CT molecular complexity index is 642. The van der Waals surface area contributed by atoms with Gasteiger partial charge in [0.1, 0.15) is 5.75 Å².